The van der Waals surface area contributed by atoms with Crippen molar-refractivity contribution in [3.05, 3.63) is 0 Å². The summed E-state index contributed by atoms with van der Waals surface area (Å²) in [5.41, 5.74) is -0.551. The topological polar surface area (TPSA) is 86.6 Å². The lowest BCUT2D eigenvalue weighted by molar-refractivity contribution is -0.140. The number of carboxylic acids is 2. The average Bonchev–Trinajstić information content (AvgIpc) is 2.52. The molecule has 0 aromatic rings. The molecule has 1 fully saturated rings. The molecule has 5 nitrogen and oxygen atoms in total. The van der Waals surface area contributed by atoms with E-state index < -0.39 is 23.4 Å². The summed E-state index contributed by atoms with van der Waals surface area (Å²) in [6, 6.07) is 0. The maximum atomic E-state index is 10.6. The third-order valence-electron chi connectivity index (χ3n) is 2.87. The van der Waals surface area contributed by atoms with Crippen LogP contribution in [0.15, 0.2) is 0 Å². The third-order valence-corrected chi connectivity index (χ3v) is 2.87. The Morgan fingerprint density at radius 3 is 2.31 bits per heavy atom. The fourth-order valence-electron chi connectivity index (χ4n) is 1.74. The quantitative estimate of drug-likeness (QED) is 0.566. The summed E-state index contributed by atoms with van der Waals surface area (Å²) in [4.78, 5) is 20.9. The second-order valence-electron chi connectivity index (χ2n) is 3.63. The zero-order valence-corrected chi connectivity index (χ0v) is 7.57. The van der Waals surface area contributed by atoms with Gasteiger partial charge < -0.3 is 15.5 Å². The van der Waals surface area contributed by atoms with Crippen molar-refractivity contribution in [2.75, 3.05) is 6.54 Å². The first-order valence-electron chi connectivity index (χ1n) is 4.09. The molecule has 0 heterocycles. The summed E-state index contributed by atoms with van der Waals surface area (Å²) < 4.78 is 0. The first-order chi connectivity index (χ1) is 5.89. The minimum absolute atomic E-state index is 0.00986. The Morgan fingerprint density at radius 2 is 2.00 bits per heavy atom. The van der Waals surface area contributed by atoms with Crippen LogP contribution in [0.25, 0.3) is 0 Å². The summed E-state index contributed by atoms with van der Waals surface area (Å²) in [6.45, 7) is 3.34. The molecule has 3 N–H and O–H groups in total. The Kier molecular flexibility index (Phi) is 2.30. The molecule has 1 rings (SSSR count). The van der Waals surface area contributed by atoms with E-state index in [9.17, 15) is 9.59 Å². The monoisotopic (exact) mass is 187 g/mol. The minimum atomic E-state index is -0.968. The highest BCUT2D eigenvalue weighted by Gasteiger charge is 2.62. The van der Waals surface area contributed by atoms with Crippen LogP contribution < -0.4 is 5.32 Å². The van der Waals surface area contributed by atoms with Crippen molar-refractivity contribution < 1.29 is 19.8 Å². The number of hydrogen-bond donors (Lipinski definition) is 3. The molecule has 74 valence electrons. The largest absolute Gasteiger partial charge is 0.481 e. The number of carboxylic acid groups (broad SMARTS) is 2. The summed E-state index contributed by atoms with van der Waals surface area (Å²) in [6.07, 6.45) is 0. The van der Waals surface area contributed by atoms with Crippen molar-refractivity contribution in [1.29, 1.82) is 0 Å². The molecule has 3 unspecified atom stereocenters. The minimum Gasteiger partial charge on any atom is -0.481 e. The maximum absolute atomic E-state index is 10.6. The lowest BCUT2D eigenvalue weighted by Gasteiger charge is -2.10. The predicted molar refractivity (Wildman–Crippen MR) is 44.3 cm³/mol. The van der Waals surface area contributed by atoms with Crippen molar-refractivity contribution in [3.8, 4) is 0 Å². The van der Waals surface area contributed by atoms with Crippen LogP contribution >= 0.6 is 0 Å². The molecule has 0 radical (unpaired) electrons. The highest BCUT2D eigenvalue weighted by atomic mass is 16.4. The Bertz CT molecular complexity index is 253. The zero-order valence-electron chi connectivity index (χ0n) is 7.57. The lowest BCUT2D eigenvalue weighted by atomic mass is 10.2. The second kappa shape index (κ2) is 2.99. The van der Waals surface area contributed by atoms with E-state index in [2.05, 4.69) is 5.32 Å². The smallest absolute Gasteiger partial charge is 0.317 e. The third kappa shape index (κ3) is 1.65. The summed E-state index contributed by atoms with van der Waals surface area (Å²) in [7, 11) is 0. The van der Waals surface area contributed by atoms with Crippen LogP contribution in [-0.4, -0.2) is 34.2 Å². The molecule has 1 saturated carbocycles. The Morgan fingerprint density at radius 1 is 1.46 bits per heavy atom. The van der Waals surface area contributed by atoms with Gasteiger partial charge in [0.15, 0.2) is 0 Å². The highest BCUT2D eigenvalue weighted by molar-refractivity contribution is 5.77. The fourth-order valence-corrected chi connectivity index (χ4v) is 1.74. The van der Waals surface area contributed by atoms with Crippen LogP contribution in [0.1, 0.15) is 13.8 Å². The lowest BCUT2D eigenvalue weighted by Crippen LogP contribution is -2.36. The average molecular weight is 187 g/mol. The molecule has 1 aliphatic rings. The van der Waals surface area contributed by atoms with Gasteiger partial charge in [0.1, 0.15) is 0 Å². The van der Waals surface area contributed by atoms with Gasteiger partial charge in [-0.3, -0.25) is 9.59 Å². The molecule has 0 aliphatic heterocycles. The standard InChI is InChI=1S/C8H13NO4/c1-4-6(7(12)13)8(4,2)9-3-5(10)11/h4,6,9H,3H2,1-2H3,(H,10,11)(H,12,13). The molecule has 0 spiro atoms. The number of nitrogens with one attached hydrogen (secondary N) is 1. The Balaban J connectivity index is 2.51. The normalized spacial score (nSPS) is 37.1. The fraction of sp³-hybridized carbons (Fsp3) is 0.750. The number of carbonyl (C=O) groups is 2. The first kappa shape index (κ1) is 9.98. The van der Waals surface area contributed by atoms with Crippen LogP contribution in [0.3, 0.4) is 0 Å². The van der Waals surface area contributed by atoms with E-state index in [1.807, 2.05) is 0 Å². The van der Waals surface area contributed by atoms with E-state index >= 15 is 0 Å². The highest BCUT2D eigenvalue weighted by Crippen LogP contribution is 2.49. The van der Waals surface area contributed by atoms with Crippen molar-refractivity contribution in [2.24, 2.45) is 11.8 Å². The maximum Gasteiger partial charge on any atom is 0.317 e. The van der Waals surface area contributed by atoms with Crippen LogP contribution in [0.4, 0.5) is 0 Å². The SMILES string of the molecule is CC1C(C(=O)O)C1(C)NCC(=O)O. The van der Waals surface area contributed by atoms with E-state index in [0.717, 1.165) is 0 Å². The molecule has 0 saturated heterocycles. The van der Waals surface area contributed by atoms with Gasteiger partial charge in [-0.15, -0.1) is 0 Å². The van der Waals surface area contributed by atoms with Crippen LogP contribution in [-0.2, 0) is 9.59 Å². The van der Waals surface area contributed by atoms with Crippen LogP contribution in [0.2, 0.25) is 0 Å². The van der Waals surface area contributed by atoms with Crippen molar-refractivity contribution in [1.82, 2.24) is 5.32 Å². The first-order valence-corrected chi connectivity index (χ1v) is 4.09. The van der Waals surface area contributed by atoms with Gasteiger partial charge in [-0.05, 0) is 12.8 Å². The van der Waals surface area contributed by atoms with Gasteiger partial charge in [-0.1, -0.05) is 6.92 Å². The molecule has 0 aromatic heterocycles. The van der Waals surface area contributed by atoms with E-state index in [1.165, 1.54) is 0 Å². The van der Waals surface area contributed by atoms with Gasteiger partial charge in [0.2, 0.25) is 0 Å². The van der Waals surface area contributed by atoms with Gasteiger partial charge in [0, 0.05) is 5.54 Å². The molecule has 3 atom stereocenters. The van der Waals surface area contributed by atoms with E-state index in [-0.39, 0.29) is 12.5 Å². The van der Waals surface area contributed by atoms with E-state index in [0.29, 0.717) is 0 Å². The van der Waals surface area contributed by atoms with Gasteiger partial charge in [-0.25, -0.2) is 0 Å². The molecule has 1 aliphatic carbocycles. The second-order valence-corrected chi connectivity index (χ2v) is 3.63. The van der Waals surface area contributed by atoms with E-state index in [1.54, 1.807) is 13.8 Å². The number of rotatable bonds is 4. The summed E-state index contributed by atoms with van der Waals surface area (Å²) in [5, 5.41) is 19.9. The predicted octanol–water partition coefficient (Wildman–Crippen LogP) is -0.230. The summed E-state index contributed by atoms with van der Waals surface area (Å²) in [5.74, 6) is -2.31. The molecule has 13 heavy (non-hydrogen) atoms. The number of hydrogen-bond acceptors (Lipinski definition) is 3. The summed E-state index contributed by atoms with van der Waals surface area (Å²) >= 11 is 0. The van der Waals surface area contributed by atoms with Crippen LogP contribution in [0, 0.1) is 11.8 Å². The zero-order chi connectivity index (χ0) is 10.2. The van der Waals surface area contributed by atoms with E-state index in [4.69, 9.17) is 10.2 Å². The molecule has 0 aromatic carbocycles. The molecular weight excluding hydrogens is 174 g/mol. The van der Waals surface area contributed by atoms with Crippen molar-refractivity contribution >= 4 is 11.9 Å². The van der Waals surface area contributed by atoms with Gasteiger partial charge in [0.25, 0.3) is 0 Å². The van der Waals surface area contributed by atoms with Gasteiger partial charge in [0.05, 0.1) is 12.5 Å². The number of aliphatic carboxylic acids is 2. The Labute approximate surface area is 75.7 Å². The molecule has 0 bridgehead atoms. The van der Waals surface area contributed by atoms with Crippen LogP contribution in [0.5, 0.6) is 0 Å². The molecule has 5 heteroatoms. The molecular formula is C8H13NO4. The van der Waals surface area contributed by atoms with Gasteiger partial charge in [-0.2, -0.15) is 0 Å². The Hall–Kier alpha value is -1.10. The van der Waals surface area contributed by atoms with Crippen molar-refractivity contribution in [3.63, 3.8) is 0 Å². The molecule has 0 amide bonds. The van der Waals surface area contributed by atoms with Gasteiger partial charge >= 0.3 is 11.9 Å². The van der Waals surface area contributed by atoms with Crippen molar-refractivity contribution in [2.45, 2.75) is 19.4 Å².